The van der Waals surface area contributed by atoms with Gasteiger partial charge < -0.3 is 10.6 Å². The minimum absolute atomic E-state index is 0.0757. The van der Waals surface area contributed by atoms with E-state index in [9.17, 15) is 18.4 Å². The van der Waals surface area contributed by atoms with Crippen LogP contribution >= 0.6 is 11.6 Å². The summed E-state index contributed by atoms with van der Waals surface area (Å²) in [4.78, 5) is 8.65. The molecule has 1 atom stereocenters. The van der Waals surface area contributed by atoms with E-state index < -0.39 is 23.8 Å². The lowest BCUT2D eigenvalue weighted by atomic mass is 9.96. The lowest BCUT2D eigenvalue weighted by Crippen LogP contribution is -2.26. The van der Waals surface area contributed by atoms with Crippen LogP contribution in [0.25, 0.3) is 21.8 Å². The summed E-state index contributed by atoms with van der Waals surface area (Å²) in [5.74, 6) is -0.491. The molecule has 0 unspecified atom stereocenters. The summed E-state index contributed by atoms with van der Waals surface area (Å²) in [5, 5.41) is 26.5. The number of alkyl halides is 2. The number of halogens is 4. The summed E-state index contributed by atoms with van der Waals surface area (Å²) < 4.78 is 43.8. The molecule has 0 aliphatic heterocycles. The van der Waals surface area contributed by atoms with Gasteiger partial charge in [0.2, 0.25) is 0 Å². The highest BCUT2D eigenvalue weighted by Crippen LogP contribution is 2.48. The first kappa shape index (κ1) is 28.7. The normalized spacial score (nSPS) is 15.0. The minimum atomic E-state index is -2.59. The number of aromatic nitrogens is 5. The molecule has 6 rings (SSSR count). The van der Waals surface area contributed by atoms with Gasteiger partial charge in [0.15, 0.2) is 0 Å². The van der Waals surface area contributed by atoms with Crippen LogP contribution in [0.15, 0.2) is 55.0 Å². The molecule has 1 saturated carbocycles. The molecular weight excluding hydrogens is 577 g/mol. The van der Waals surface area contributed by atoms with E-state index in [0.717, 1.165) is 0 Å². The fourth-order valence-corrected chi connectivity index (χ4v) is 5.43. The number of fused-ring (bicyclic) bond motifs is 2. The van der Waals surface area contributed by atoms with E-state index in [1.165, 1.54) is 29.3 Å². The van der Waals surface area contributed by atoms with Gasteiger partial charge >= 0.3 is 0 Å². The summed E-state index contributed by atoms with van der Waals surface area (Å²) in [6.07, 6.45) is 2.51. The molecule has 3 aromatic heterocycles. The SMILES string of the molecule is CC(C)(C)CNc1c(C#N)cnc2c(Cl)cc(N[C@H](c3cn(C4(C(F)F)CC4)nn3)c3ccc(F)c4ncccc34)cc12. The first-order chi connectivity index (χ1) is 20.5. The first-order valence-electron chi connectivity index (χ1n) is 13.8. The van der Waals surface area contributed by atoms with Gasteiger partial charge in [-0.25, -0.2) is 17.9 Å². The zero-order valence-corrected chi connectivity index (χ0v) is 24.4. The zero-order valence-electron chi connectivity index (χ0n) is 23.7. The molecule has 0 bridgehead atoms. The van der Waals surface area contributed by atoms with Crippen molar-refractivity contribution in [3.8, 4) is 6.07 Å². The van der Waals surface area contributed by atoms with E-state index in [1.807, 2.05) is 6.07 Å². The molecule has 12 heteroatoms. The van der Waals surface area contributed by atoms with Crippen LogP contribution in [-0.2, 0) is 5.54 Å². The standard InChI is InChI=1S/C31H28ClF3N8/c1-30(2,3)16-39-25-17(13-36)14-38-26-21(25)11-18(12-22(26)32)40-28(20-6-7-23(33)27-19(20)5-4-10-37-27)24-15-43(42-41-24)31(8-9-31)29(34)35/h4-7,10-12,14-15,28-29,40H,8-9,16H2,1-3H3,(H,38,39)/t28-/m0/s1. The van der Waals surface area contributed by atoms with Crippen molar-refractivity contribution in [1.82, 2.24) is 25.0 Å². The van der Waals surface area contributed by atoms with Gasteiger partial charge in [0, 0.05) is 35.4 Å². The van der Waals surface area contributed by atoms with Crippen LogP contribution in [0.1, 0.15) is 56.5 Å². The molecule has 0 amide bonds. The number of hydrogen-bond donors (Lipinski definition) is 2. The Hall–Kier alpha value is -4.43. The molecule has 8 nitrogen and oxygen atoms in total. The van der Waals surface area contributed by atoms with Gasteiger partial charge in [-0.15, -0.1) is 5.10 Å². The van der Waals surface area contributed by atoms with Crippen LogP contribution in [0.3, 0.4) is 0 Å². The molecule has 0 spiro atoms. The van der Waals surface area contributed by atoms with Gasteiger partial charge in [0.1, 0.15) is 28.6 Å². The number of rotatable bonds is 8. The van der Waals surface area contributed by atoms with E-state index in [0.29, 0.717) is 68.9 Å². The Morgan fingerprint density at radius 2 is 1.91 bits per heavy atom. The fraction of sp³-hybridized carbons (Fsp3) is 0.323. The van der Waals surface area contributed by atoms with Crippen LogP contribution in [-0.4, -0.2) is 37.9 Å². The Kier molecular flexibility index (Phi) is 7.13. The molecule has 0 radical (unpaired) electrons. The lowest BCUT2D eigenvalue weighted by molar-refractivity contribution is 0.0593. The number of hydrogen-bond acceptors (Lipinski definition) is 7. The van der Waals surface area contributed by atoms with Crippen LogP contribution in [0.2, 0.25) is 5.02 Å². The molecule has 0 saturated heterocycles. The second kappa shape index (κ2) is 10.7. The maximum absolute atomic E-state index is 14.8. The zero-order chi connectivity index (χ0) is 30.5. The maximum atomic E-state index is 14.8. The summed E-state index contributed by atoms with van der Waals surface area (Å²) in [6.45, 7) is 6.82. The van der Waals surface area contributed by atoms with Crippen LogP contribution < -0.4 is 10.6 Å². The smallest absolute Gasteiger partial charge is 0.263 e. The summed E-state index contributed by atoms with van der Waals surface area (Å²) in [5.41, 5.74) is 1.70. The predicted molar refractivity (Wildman–Crippen MR) is 160 cm³/mol. The van der Waals surface area contributed by atoms with Crippen molar-refractivity contribution in [2.75, 3.05) is 17.2 Å². The highest BCUT2D eigenvalue weighted by Gasteiger charge is 2.54. The molecule has 1 fully saturated rings. The number of pyridine rings is 2. The van der Waals surface area contributed by atoms with Crippen molar-refractivity contribution < 1.29 is 13.2 Å². The summed E-state index contributed by atoms with van der Waals surface area (Å²) in [7, 11) is 0. The molecule has 3 heterocycles. The average molecular weight is 605 g/mol. The third kappa shape index (κ3) is 5.31. The van der Waals surface area contributed by atoms with Crippen molar-refractivity contribution in [2.45, 2.75) is 51.6 Å². The molecule has 2 N–H and O–H groups in total. The lowest BCUT2D eigenvalue weighted by Gasteiger charge is -2.23. The quantitative estimate of drug-likeness (QED) is 0.189. The third-order valence-corrected chi connectivity index (χ3v) is 7.94. The van der Waals surface area contributed by atoms with Crippen molar-refractivity contribution in [1.29, 1.82) is 5.26 Å². The summed E-state index contributed by atoms with van der Waals surface area (Å²) >= 11 is 6.73. The van der Waals surface area contributed by atoms with E-state index >= 15 is 0 Å². The van der Waals surface area contributed by atoms with Gasteiger partial charge in [0.05, 0.1) is 34.0 Å². The molecule has 1 aliphatic carbocycles. The van der Waals surface area contributed by atoms with Crippen LogP contribution in [0.4, 0.5) is 24.5 Å². The van der Waals surface area contributed by atoms with Gasteiger partial charge in [0.25, 0.3) is 6.43 Å². The third-order valence-electron chi connectivity index (χ3n) is 7.65. The van der Waals surface area contributed by atoms with Gasteiger partial charge in [-0.3, -0.25) is 9.97 Å². The van der Waals surface area contributed by atoms with Crippen molar-refractivity contribution in [3.05, 3.63) is 82.6 Å². The van der Waals surface area contributed by atoms with E-state index in [1.54, 1.807) is 24.3 Å². The highest BCUT2D eigenvalue weighted by atomic mass is 35.5. The van der Waals surface area contributed by atoms with Gasteiger partial charge in [-0.2, -0.15) is 5.26 Å². The van der Waals surface area contributed by atoms with Gasteiger partial charge in [-0.1, -0.05) is 49.7 Å². The fourth-order valence-electron chi connectivity index (χ4n) is 5.16. The number of benzene rings is 2. The topological polar surface area (TPSA) is 104 Å². The Balaban J connectivity index is 1.50. The molecule has 2 aromatic carbocycles. The Morgan fingerprint density at radius 1 is 1.12 bits per heavy atom. The van der Waals surface area contributed by atoms with E-state index in [2.05, 4.69) is 57.8 Å². The predicted octanol–water partition coefficient (Wildman–Crippen LogP) is 7.45. The van der Waals surface area contributed by atoms with Gasteiger partial charge in [-0.05, 0) is 48.1 Å². The van der Waals surface area contributed by atoms with Crippen LogP contribution in [0.5, 0.6) is 0 Å². The monoisotopic (exact) mass is 604 g/mol. The number of nitriles is 1. The maximum Gasteiger partial charge on any atom is 0.263 e. The Morgan fingerprint density at radius 3 is 2.60 bits per heavy atom. The van der Waals surface area contributed by atoms with Crippen molar-refractivity contribution in [2.24, 2.45) is 5.41 Å². The van der Waals surface area contributed by atoms with Crippen LogP contribution in [0, 0.1) is 22.6 Å². The van der Waals surface area contributed by atoms with E-state index in [-0.39, 0.29) is 10.9 Å². The average Bonchev–Trinajstić information content (AvgIpc) is 3.65. The van der Waals surface area contributed by atoms with Crippen molar-refractivity contribution in [3.63, 3.8) is 0 Å². The number of nitrogens with one attached hydrogen (secondary N) is 2. The number of anilines is 2. The summed E-state index contributed by atoms with van der Waals surface area (Å²) in [6, 6.07) is 11.3. The Labute approximate surface area is 250 Å². The van der Waals surface area contributed by atoms with Crippen molar-refractivity contribution >= 4 is 44.8 Å². The molecule has 1 aliphatic rings. The molecule has 43 heavy (non-hydrogen) atoms. The molecule has 5 aromatic rings. The second-order valence-electron chi connectivity index (χ2n) is 12.0. The van der Waals surface area contributed by atoms with E-state index in [4.69, 9.17) is 11.6 Å². The first-order valence-corrected chi connectivity index (χ1v) is 14.2. The largest absolute Gasteiger partial charge is 0.383 e. The number of nitrogens with zero attached hydrogens (tertiary/aromatic N) is 6. The molecule has 220 valence electrons. The minimum Gasteiger partial charge on any atom is -0.383 e. The Bertz CT molecular complexity index is 1890. The molecular formula is C31H28ClF3N8. The highest BCUT2D eigenvalue weighted by molar-refractivity contribution is 6.35. The second-order valence-corrected chi connectivity index (χ2v) is 12.4.